The van der Waals surface area contributed by atoms with Crippen molar-refractivity contribution in [2.24, 2.45) is 13.0 Å². The van der Waals surface area contributed by atoms with Crippen LogP contribution in [0.4, 0.5) is 17.3 Å². The molecule has 1 aliphatic rings. The van der Waals surface area contributed by atoms with Crippen molar-refractivity contribution in [1.29, 1.82) is 0 Å². The zero-order chi connectivity index (χ0) is 23.1. The van der Waals surface area contributed by atoms with Crippen molar-refractivity contribution in [2.75, 3.05) is 16.8 Å². The Kier molecular flexibility index (Phi) is 5.61. The summed E-state index contributed by atoms with van der Waals surface area (Å²) >= 11 is 0. The number of fused-ring (bicyclic) bond motifs is 1. The summed E-state index contributed by atoms with van der Waals surface area (Å²) < 4.78 is 2.22. The molecule has 4 nitrogen and oxygen atoms in total. The second-order valence-corrected chi connectivity index (χ2v) is 9.85. The van der Waals surface area contributed by atoms with Gasteiger partial charge in [0.25, 0.3) is 0 Å². The first-order valence-electron chi connectivity index (χ1n) is 12.0. The number of aryl methyl sites for hydroxylation is 5. The highest BCUT2D eigenvalue weighted by Gasteiger charge is 2.26. The Bertz CT molecular complexity index is 1270. The maximum atomic E-state index is 4.99. The van der Waals surface area contributed by atoms with Gasteiger partial charge in [-0.15, -0.1) is 0 Å². The fourth-order valence-electron chi connectivity index (χ4n) is 4.88. The molecule has 0 aliphatic heterocycles. The lowest BCUT2D eigenvalue weighted by Gasteiger charge is -2.26. The Labute approximate surface area is 197 Å². The summed E-state index contributed by atoms with van der Waals surface area (Å²) in [6.07, 6.45) is 2.68. The Balaban J connectivity index is 1.54. The smallest absolute Gasteiger partial charge is 0.208 e. The lowest BCUT2D eigenvalue weighted by atomic mass is 10.1. The van der Waals surface area contributed by atoms with Crippen molar-refractivity contribution in [3.63, 3.8) is 0 Å². The molecule has 170 valence electrons. The van der Waals surface area contributed by atoms with Crippen LogP contribution in [0.25, 0.3) is 11.0 Å². The lowest BCUT2D eigenvalue weighted by Crippen LogP contribution is -2.25. The normalized spacial score (nSPS) is 13.5. The molecule has 0 bridgehead atoms. The van der Waals surface area contributed by atoms with Crippen LogP contribution in [0, 0.1) is 33.6 Å². The van der Waals surface area contributed by atoms with E-state index in [9.17, 15) is 0 Å². The molecule has 3 aromatic carbocycles. The number of benzene rings is 3. The van der Waals surface area contributed by atoms with Gasteiger partial charge in [0.15, 0.2) is 0 Å². The topological polar surface area (TPSA) is 33.1 Å². The summed E-state index contributed by atoms with van der Waals surface area (Å²) in [4.78, 5) is 7.55. The van der Waals surface area contributed by atoms with E-state index >= 15 is 0 Å². The Morgan fingerprint density at radius 3 is 2.30 bits per heavy atom. The van der Waals surface area contributed by atoms with Crippen LogP contribution in [0.3, 0.4) is 0 Å². The molecule has 1 fully saturated rings. The van der Waals surface area contributed by atoms with Gasteiger partial charge in [-0.25, -0.2) is 4.98 Å². The van der Waals surface area contributed by atoms with Crippen molar-refractivity contribution in [1.82, 2.24) is 9.55 Å². The third-order valence-corrected chi connectivity index (χ3v) is 6.80. The first kappa shape index (κ1) is 21.6. The highest BCUT2D eigenvalue weighted by molar-refractivity contribution is 5.91. The minimum absolute atomic E-state index is 0.800. The predicted octanol–water partition coefficient (Wildman–Crippen LogP) is 6.97. The second-order valence-electron chi connectivity index (χ2n) is 9.85. The molecule has 1 saturated carbocycles. The van der Waals surface area contributed by atoms with E-state index in [-0.39, 0.29) is 0 Å². The number of rotatable bonds is 7. The van der Waals surface area contributed by atoms with Gasteiger partial charge in [0.05, 0.1) is 16.7 Å². The van der Waals surface area contributed by atoms with Gasteiger partial charge in [0.1, 0.15) is 0 Å². The molecule has 33 heavy (non-hydrogen) atoms. The lowest BCUT2D eigenvalue weighted by molar-refractivity contribution is 0.722. The van der Waals surface area contributed by atoms with E-state index in [0.717, 1.165) is 36.2 Å². The first-order valence-corrected chi connectivity index (χ1v) is 12.0. The van der Waals surface area contributed by atoms with Crippen LogP contribution in [-0.4, -0.2) is 16.1 Å². The SMILES string of the molecule is Cc1ccc(CN(CC2CC2)c2cccc3nc(Nc4c(C)cc(C)cc4C)n(C)c23)cc1. The van der Waals surface area contributed by atoms with Crippen molar-refractivity contribution in [3.8, 4) is 0 Å². The Morgan fingerprint density at radius 1 is 0.939 bits per heavy atom. The molecule has 0 unspecified atom stereocenters. The van der Waals surface area contributed by atoms with Crippen molar-refractivity contribution >= 4 is 28.4 Å². The van der Waals surface area contributed by atoms with E-state index in [1.165, 1.54) is 51.9 Å². The van der Waals surface area contributed by atoms with Crippen molar-refractivity contribution in [3.05, 3.63) is 82.4 Å². The van der Waals surface area contributed by atoms with E-state index in [1.807, 2.05) is 0 Å². The second kappa shape index (κ2) is 8.58. The number of imidazole rings is 1. The third-order valence-electron chi connectivity index (χ3n) is 6.80. The van der Waals surface area contributed by atoms with E-state index in [4.69, 9.17) is 4.98 Å². The van der Waals surface area contributed by atoms with Crippen LogP contribution < -0.4 is 10.2 Å². The molecule has 5 rings (SSSR count). The molecule has 0 amide bonds. The molecular weight excluding hydrogens is 404 g/mol. The van der Waals surface area contributed by atoms with Crippen LogP contribution in [0.1, 0.15) is 40.7 Å². The number of para-hydroxylation sites is 1. The zero-order valence-corrected chi connectivity index (χ0v) is 20.4. The number of anilines is 3. The van der Waals surface area contributed by atoms with E-state index < -0.39 is 0 Å². The summed E-state index contributed by atoms with van der Waals surface area (Å²) in [5.41, 5.74) is 11.1. The van der Waals surface area contributed by atoms with Gasteiger partial charge in [0, 0.05) is 25.8 Å². The van der Waals surface area contributed by atoms with Crippen LogP contribution >= 0.6 is 0 Å². The minimum Gasteiger partial charge on any atom is -0.365 e. The maximum Gasteiger partial charge on any atom is 0.208 e. The molecule has 0 saturated heterocycles. The van der Waals surface area contributed by atoms with Crippen LogP contribution in [0.5, 0.6) is 0 Å². The summed E-state index contributed by atoms with van der Waals surface area (Å²) in [5.74, 6) is 1.68. The monoisotopic (exact) mass is 438 g/mol. The van der Waals surface area contributed by atoms with E-state index in [1.54, 1.807) is 0 Å². The number of hydrogen-bond acceptors (Lipinski definition) is 3. The van der Waals surface area contributed by atoms with Crippen LogP contribution in [0.15, 0.2) is 54.6 Å². The van der Waals surface area contributed by atoms with Crippen LogP contribution in [0.2, 0.25) is 0 Å². The third kappa shape index (κ3) is 4.47. The summed E-state index contributed by atoms with van der Waals surface area (Å²) in [6, 6.07) is 19.9. The average Bonchev–Trinajstić information content (AvgIpc) is 3.54. The highest BCUT2D eigenvalue weighted by atomic mass is 15.2. The Morgan fingerprint density at radius 2 is 1.64 bits per heavy atom. The molecule has 4 aromatic rings. The van der Waals surface area contributed by atoms with Gasteiger partial charge in [-0.1, -0.05) is 53.6 Å². The number of nitrogens with one attached hydrogen (secondary N) is 1. The van der Waals surface area contributed by atoms with E-state index in [2.05, 4.69) is 104 Å². The van der Waals surface area contributed by atoms with Crippen molar-refractivity contribution < 1.29 is 0 Å². The molecule has 1 aliphatic carbocycles. The first-order chi connectivity index (χ1) is 15.9. The van der Waals surface area contributed by atoms with Gasteiger partial charge < -0.3 is 14.8 Å². The van der Waals surface area contributed by atoms with Crippen LogP contribution in [-0.2, 0) is 13.6 Å². The maximum absolute atomic E-state index is 4.99. The largest absolute Gasteiger partial charge is 0.365 e. The van der Waals surface area contributed by atoms with Crippen molar-refractivity contribution in [2.45, 2.75) is 47.1 Å². The van der Waals surface area contributed by atoms with Gasteiger partial charge in [-0.05, 0) is 75.3 Å². The number of aromatic nitrogens is 2. The molecule has 1 heterocycles. The quantitative estimate of drug-likeness (QED) is 0.338. The Hall–Kier alpha value is -3.27. The zero-order valence-electron chi connectivity index (χ0n) is 20.4. The molecule has 1 N–H and O–H groups in total. The fourth-order valence-corrected chi connectivity index (χ4v) is 4.88. The van der Waals surface area contributed by atoms with Gasteiger partial charge >= 0.3 is 0 Å². The highest BCUT2D eigenvalue weighted by Crippen LogP contribution is 2.36. The predicted molar refractivity (Wildman–Crippen MR) is 140 cm³/mol. The molecule has 4 heteroatoms. The van der Waals surface area contributed by atoms with Gasteiger partial charge in [-0.3, -0.25) is 0 Å². The molecule has 0 radical (unpaired) electrons. The molecular formula is C29H34N4. The average molecular weight is 439 g/mol. The molecule has 0 atom stereocenters. The molecule has 1 aromatic heterocycles. The molecule has 0 spiro atoms. The number of nitrogens with zero attached hydrogens (tertiary/aromatic N) is 3. The van der Waals surface area contributed by atoms with Gasteiger partial charge in [0.2, 0.25) is 5.95 Å². The van der Waals surface area contributed by atoms with E-state index in [0.29, 0.717) is 0 Å². The standard InChI is InChI=1S/C29H34N4/c1-19-9-11-23(12-10-19)17-33(18-24-13-14-24)26-8-6-7-25-28(26)32(5)29(30-25)31-27-21(3)15-20(2)16-22(27)4/h6-12,15-16,24H,13-14,17-18H2,1-5H3,(H,30,31). The summed E-state index contributed by atoms with van der Waals surface area (Å²) in [7, 11) is 2.13. The minimum atomic E-state index is 0.800. The summed E-state index contributed by atoms with van der Waals surface area (Å²) in [5, 5.41) is 3.63. The number of hydrogen-bond donors (Lipinski definition) is 1. The van der Waals surface area contributed by atoms with Gasteiger partial charge in [-0.2, -0.15) is 0 Å². The fraction of sp³-hybridized carbons (Fsp3) is 0.345. The summed E-state index contributed by atoms with van der Waals surface area (Å²) in [6.45, 7) is 10.6.